The Morgan fingerprint density at radius 2 is 1.62 bits per heavy atom. The molecule has 1 saturated heterocycles. The monoisotopic (exact) mass is 467 g/mol. The molecule has 0 bridgehead atoms. The lowest BCUT2D eigenvalue weighted by Gasteiger charge is -2.32. The number of hydrogen-bond acceptors (Lipinski definition) is 5. The molecule has 182 valence electrons. The molecule has 0 spiro atoms. The molecule has 0 radical (unpaired) electrons. The van der Waals surface area contributed by atoms with Gasteiger partial charge in [0.1, 0.15) is 0 Å². The van der Waals surface area contributed by atoms with E-state index in [9.17, 15) is 9.90 Å². The first-order valence-corrected chi connectivity index (χ1v) is 12.0. The number of piperidine rings is 1. The van der Waals surface area contributed by atoms with Crippen molar-refractivity contribution in [2.45, 2.75) is 109 Å². The minimum Gasteiger partial charge on any atom is -0.478 e. The predicted molar refractivity (Wildman–Crippen MR) is 135 cm³/mol. The zero-order valence-corrected chi connectivity index (χ0v) is 20.5. The van der Waals surface area contributed by atoms with Crippen LogP contribution in [0.1, 0.15) is 101 Å². The highest BCUT2D eigenvalue weighted by molar-refractivity contribution is 5.88. The summed E-state index contributed by atoms with van der Waals surface area (Å²) >= 11 is 0. The number of aromatic carboxylic acids is 1. The highest BCUT2D eigenvalue weighted by Gasteiger charge is 2.24. The van der Waals surface area contributed by atoms with Crippen LogP contribution < -0.4 is 10.7 Å². The van der Waals surface area contributed by atoms with Crippen molar-refractivity contribution in [2.75, 3.05) is 5.43 Å². The van der Waals surface area contributed by atoms with Crippen LogP contribution in [0, 0.1) is 0 Å². The Hall–Kier alpha value is -1.63. The Labute approximate surface area is 199 Å². The van der Waals surface area contributed by atoms with E-state index in [4.69, 9.17) is 5.11 Å². The van der Waals surface area contributed by atoms with E-state index < -0.39 is 5.97 Å². The van der Waals surface area contributed by atoms with Crippen LogP contribution in [-0.4, -0.2) is 40.1 Å². The fourth-order valence-corrected chi connectivity index (χ4v) is 4.15. The maximum atomic E-state index is 10.9. The number of nitrogens with one attached hydrogen (secondary N) is 2. The standard InChI is InChI=1S/C25H41N3O3.ClH/c1-19(27-28-23-15-13-21(14-16-23)25(30)31)11-9-7-5-3-4-6-8-10-12-22-17-18-24(29)20(2)26-22;/h13-16,20,22,24,26,28-29H,3-12,17-18H2,1-2H3,(H,30,31);1H/b27-19-;/t20-,22+,24-;/m1./s1. The lowest BCUT2D eigenvalue weighted by molar-refractivity contribution is 0.0697. The number of aliphatic hydroxyl groups is 1. The summed E-state index contributed by atoms with van der Waals surface area (Å²) in [5.74, 6) is -0.917. The third-order valence-electron chi connectivity index (χ3n) is 6.24. The largest absolute Gasteiger partial charge is 0.478 e. The summed E-state index contributed by atoms with van der Waals surface area (Å²) in [5.41, 5.74) is 5.15. The molecule has 0 unspecified atom stereocenters. The van der Waals surface area contributed by atoms with Crippen LogP contribution >= 0.6 is 12.4 Å². The number of rotatable bonds is 14. The number of carbonyl (C=O) groups is 1. The zero-order chi connectivity index (χ0) is 22.5. The van der Waals surface area contributed by atoms with Gasteiger partial charge >= 0.3 is 5.97 Å². The fraction of sp³-hybridized carbons (Fsp3) is 0.680. The number of hydrogen-bond donors (Lipinski definition) is 4. The number of benzene rings is 1. The molecule has 1 aliphatic heterocycles. The number of aliphatic hydroxyl groups excluding tert-OH is 1. The minimum atomic E-state index is -0.917. The van der Waals surface area contributed by atoms with Crippen molar-refractivity contribution in [1.82, 2.24) is 5.32 Å². The quantitative estimate of drug-likeness (QED) is 0.153. The van der Waals surface area contributed by atoms with Crippen molar-refractivity contribution in [1.29, 1.82) is 0 Å². The average molecular weight is 468 g/mol. The molecule has 1 aromatic carbocycles. The van der Waals surface area contributed by atoms with Gasteiger partial charge in [-0.05, 0) is 70.2 Å². The van der Waals surface area contributed by atoms with Gasteiger partial charge in [0, 0.05) is 17.8 Å². The number of anilines is 1. The van der Waals surface area contributed by atoms with Gasteiger partial charge in [0.2, 0.25) is 0 Å². The number of nitrogens with zero attached hydrogens (tertiary/aromatic N) is 1. The molecule has 6 nitrogen and oxygen atoms in total. The molecule has 3 atom stereocenters. The molecule has 1 heterocycles. The molecule has 0 amide bonds. The van der Waals surface area contributed by atoms with E-state index in [1.165, 1.54) is 51.4 Å². The second-order valence-corrected chi connectivity index (χ2v) is 9.01. The van der Waals surface area contributed by atoms with Crippen LogP contribution in [0.5, 0.6) is 0 Å². The maximum Gasteiger partial charge on any atom is 0.335 e. The lowest BCUT2D eigenvalue weighted by Crippen LogP contribution is -2.48. The molecular formula is C25H42ClN3O3. The van der Waals surface area contributed by atoms with E-state index in [-0.39, 0.29) is 30.1 Å². The Morgan fingerprint density at radius 3 is 2.22 bits per heavy atom. The van der Waals surface area contributed by atoms with Gasteiger partial charge in [-0.25, -0.2) is 4.79 Å². The van der Waals surface area contributed by atoms with Crippen molar-refractivity contribution < 1.29 is 15.0 Å². The smallest absolute Gasteiger partial charge is 0.335 e. The summed E-state index contributed by atoms with van der Waals surface area (Å²) in [6, 6.07) is 7.46. The Balaban J connectivity index is 0.00000512. The first-order valence-electron chi connectivity index (χ1n) is 12.0. The van der Waals surface area contributed by atoms with Gasteiger partial charge in [0.15, 0.2) is 0 Å². The van der Waals surface area contributed by atoms with Crippen LogP contribution in [0.25, 0.3) is 0 Å². The van der Waals surface area contributed by atoms with Crippen LogP contribution in [-0.2, 0) is 0 Å². The van der Waals surface area contributed by atoms with Gasteiger partial charge in [-0.2, -0.15) is 5.10 Å². The van der Waals surface area contributed by atoms with Crippen molar-refractivity contribution in [2.24, 2.45) is 5.10 Å². The summed E-state index contributed by atoms with van der Waals surface area (Å²) in [5, 5.41) is 26.6. The first kappa shape index (κ1) is 28.4. The zero-order valence-electron chi connectivity index (χ0n) is 19.7. The van der Waals surface area contributed by atoms with E-state index in [2.05, 4.69) is 22.8 Å². The molecule has 4 N–H and O–H groups in total. The molecule has 1 aliphatic rings. The van der Waals surface area contributed by atoms with Gasteiger partial charge in [-0.1, -0.05) is 44.9 Å². The van der Waals surface area contributed by atoms with E-state index in [1.54, 1.807) is 24.3 Å². The highest BCUT2D eigenvalue weighted by Crippen LogP contribution is 2.19. The third kappa shape index (κ3) is 11.3. The third-order valence-corrected chi connectivity index (χ3v) is 6.24. The van der Waals surface area contributed by atoms with Gasteiger partial charge in [-0.15, -0.1) is 12.4 Å². The van der Waals surface area contributed by atoms with E-state index >= 15 is 0 Å². The molecule has 0 aromatic heterocycles. The average Bonchev–Trinajstić information content (AvgIpc) is 2.76. The summed E-state index contributed by atoms with van der Waals surface area (Å²) in [7, 11) is 0. The highest BCUT2D eigenvalue weighted by atomic mass is 35.5. The molecule has 0 saturated carbocycles. The molecule has 7 heteroatoms. The van der Waals surface area contributed by atoms with Gasteiger partial charge in [-0.3, -0.25) is 5.43 Å². The van der Waals surface area contributed by atoms with Crippen molar-refractivity contribution in [3.63, 3.8) is 0 Å². The number of unbranched alkanes of at least 4 members (excludes halogenated alkanes) is 7. The van der Waals surface area contributed by atoms with Crippen LogP contribution in [0.2, 0.25) is 0 Å². The first-order chi connectivity index (χ1) is 15.0. The molecule has 2 rings (SSSR count). The number of carboxylic acids is 1. The van der Waals surface area contributed by atoms with Crippen LogP contribution in [0.4, 0.5) is 5.69 Å². The number of hydrazone groups is 1. The Kier molecular flexibility index (Phi) is 14.3. The van der Waals surface area contributed by atoms with E-state index in [1.807, 2.05) is 6.92 Å². The maximum absolute atomic E-state index is 10.9. The fourth-order valence-electron chi connectivity index (χ4n) is 4.15. The van der Waals surface area contributed by atoms with Crippen molar-refractivity contribution in [3.05, 3.63) is 29.8 Å². The predicted octanol–water partition coefficient (Wildman–Crippen LogP) is 6.00. The summed E-state index contributed by atoms with van der Waals surface area (Å²) < 4.78 is 0. The Morgan fingerprint density at radius 1 is 1.03 bits per heavy atom. The lowest BCUT2D eigenvalue weighted by atomic mass is 9.93. The number of carboxylic acid groups (broad SMARTS) is 1. The van der Waals surface area contributed by atoms with Crippen molar-refractivity contribution in [3.8, 4) is 0 Å². The Bertz CT molecular complexity index is 682. The second kappa shape index (κ2) is 16.1. The van der Waals surface area contributed by atoms with Gasteiger partial charge in [0.25, 0.3) is 0 Å². The van der Waals surface area contributed by atoms with Crippen LogP contribution in [0.15, 0.2) is 29.4 Å². The van der Waals surface area contributed by atoms with Crippen LogP contribution in [0.3, 0.4) is 0 Å². The van der Waals surface area contributed by atoms with Gasteiger partial charge < -0.3 is 15.5 Å². The summed E-state index contributed by atoms with van der Waals surface area (Å²) in [4.78, 5) is 10.9. The van der Waals surface area contributed by atoms with E-state index in [0.29, 0.717) is 6.04 Å². The summed E-state index contributed by atoms with van der Waals surface area (Å²) in [6.45, 7) is 4.11. The minimum absolute atomic E-state index is 0. The summed E-state index contributed by atoms with van der Waals surface area (Å²) in [6.07, 6.45) is 14.4. The SMILES string of the molecule is C/C(CCCCCCCCCC[C@H]1CC[C@@H](O)[C@@H](C)N1)=N/Nc1ccc(C(=O)O)cc1.Cl. The van der Waals surface area contributed by atoms with Gasteiger partial charge in [0.05, 0.1) is 17.4 Å². The van der Waals surface area contributed by atoms with Crippen molar-refractivity contribution >= 4 is 29.8 Å². The molecule has 1 fully saturated rings. The molecule has 1 aromatic rings. The topological polar surface area (TPSA) is 94.0 Å². The molecule has 0 aliphatic carbocycles. The second-order valence-electron chi connectivity index (χ2n) is 9.01. The normalized spacial score (nSPS) is 21.1. The van der Waals surface area contributed by atoms with E-state index in [0.717, 1.165) is 37.1 Å². The number of halogens is 1. The molecular weight excluding hydrogens is 426 g/mol. The molecule has 32 heavy (non-hydrogen) atoms.